The largest absolute Gasteiger partial charge is 0.353 e. The molecule has 1 fully saturated rings. The first-order chi connectivity index (χ1) is 14.2. The van der Waals surface area contributed by atoms with Gasteiger partial charge in [-0.25, -0.2) is 4.98 Å². The second-order valence-electron chi connectivity index (χ2n) is 7.25. The first-order valence-corrected chi connectivity index (χ1v) is 9.87. The smallest absolute Gasteiger partial charge is 0.227 e. The number of amides is 1. The fourth-order valence-corrected chi connectivity index (χ4v) is 3.50. The summed E-state index contributed by atoms with van der Waals surface area (Å²) in [5.74, 6) is 1.60. The van der Waals surface area contributed by atoms with E-state index in [4.69, 9.17) is 9.97 Å². The van der Waals surface area contributed by atoms with Crippen LogP contribution < -0.4 is 9.80 Å². The van der Waals surface area contributed by atoms with Crippen molar-refractivity contribution in [2.75, 3.05) is 43.0 Å². The van der Waals surface area contributed by atoms with Gasteiger partial charge in [-0.05, 0) is 5.56 Å². The van der Waals surface area contributed by atoms with Gasteiger partial charge in [-0.15, -0.1) is 0 Å². The zero-order chi connectivity index (χ0) is 20.1. The van der Waals surface area contributed by atoms with Crippen molar-refractivity contribution in [3.63, 3.8) is 0 Å². The minimum absolute atomic E-state index is 0.697. The summed E-state index contributed by atoms with van der Waals surface area (Å²) in [6.07, 6.45) is 0.922. The fourth-order valence-electron chi connectivity index (χ4n) is 3.50. The van der Waals surface area contributed by atoms with Crippen LogP contribution in [0.5, 0.6) is 0 Å². The Morgan fingerprint density at radius 3 is 2.24 bits per heavy atom. The molecule has 2 aromatic carbocycles. The fraction of sp³-hybridized carbons (Fsp3) is 0.261. The van der Waals surface area contributed by atoms with E-state index in [1.165, 1.54) is 5.56 Å². The van der Waals surface area contributed by atoms with Crippen LogP contribution in [0.25, 0.3) is 11.3 Å². The molecule has 1 aliphatic rings. The Bertz CT molecular complexity index is 940. The normalized spacial score (nSPS) is 14.0. The van der Waals surface area contributed by atoms with Crippen molar-refractivity contribution in [3.05, 3.63) is 72.3 Å². The Kier molecular flexibility index (Phi) is 5.70. The molecule has 2 heterocycles. The molecule has 148 valence electrons. The van der Waals surface area contributed by atoms with Crippen molar-refractivity contribution in [2.45, 2.75) is 6.54 Å². The molecular formula is C23H25N5O. The maximum absolute atomic E-state index is 11.0. The summed E-state index contributed by atoms with van der Waals surface area (Å²) in [6, 6.07) is 22.6. The van der Waals surface area contributed by atoms with Gasteiger partial charge in [0.15, 0.2) is 0 Å². The van der Waals surface area contributed by atoms with Crippen LogP contribution in [0, 0.1) is 0 Å². The Hall–Kier alpha value is -3.41. The molecule has 6 heteroatoms. The van der Waals surface area contributed by atoms with Crippen LogP contribution >= 0.6 is 0 Å². The van der Waals surface area contributed by atoms with Gasteiger partial charge in [0.25, 0.3) is 0 Å². The van der Waals surface area contributed by atoms with E-state index in [0.717, 1.165) is 43.1 Å². The topological polar surface area (TPSA) is 52.6 Å². The summed E-state index contributed by atoms with van der Waals surface area (Å²) in [4.78, 5) is 26.9. The highest BCUT2D eigenvalue weighted by molar-refractivity contribution is 5.65. The van der Waals surface area contributed by atoms with Gasteiger partial charge in [-0.3, -0.25) is 4.79 Å². The number of aromatic nitrogens is 2. The second kappa shape index (κ2) is 8.73. The molecule has 0 unspecified atom stereocenters. The average molecular weight is 387 g/mol. The second-order valence-corrected chi connectivity index (χ2v) is 7.25. The van der Waals surface area contributed by atoms with Gasteiger partial charge in [0, 0.05) is 51.4 Å². The lowest BCUT2D eigenvalue weighted by atomic mass is 10.1. The van der Waals surface area contributed by atoms with Crippen LogP contribution in [0.3, 0.4) is 0 Å². The standard InChI is InChI=1S/C23H25N5O/c1-26(17-19-8-4-2-5-9-19)23-24-21(20-10-6-3-7-11-20)16-22(25-23)28-14-12-27(18-29)13-15-28/h2-11,16,18H,12-15,17H2,1H3. The minimum atomic E-state index is 0.697. The molecule has 0 N–H and O–H groups in total. The zero-order valence-corrected chi connectivity index (χ0v) is 16.6. The number of nitrogens with zero attached hydrogens (tertiary/aromatic N) is 5. The quantitative estimate of drug-likeness (QED) is 0.609. The van der Waals surface area contributed by atoms with Crippen molar-refractivity contribution in [1.82, 2.24) is 14.9 Å². The summed E-state index contributed by atoms with van der Waals surface area (Å²) in [7, 11) is 2.02. The van der Waals surface area contributed by atoms with Gasteiger partial charge in [0.05, 0.1) is 5.69 Å². The predicted molar refractivity (Wildman–Crippen MR) is 116 cm³/mol. The van der Waals surface area contributed by atoms with Crippen molar-refractivity contribution >= 4 is 18.2 Å². The summed E-state index contributed by atoms with van der Waals surface area (Å²) >= 11 is 0. The van der Waals surface area contributed by atoms with E-state index >= 15 is 0 Å². The Morgan fingerprint density at radius 1 is 0.931 bits per heavy atom. The molecule has 3 aromatic rings. The number of carbonyl (C=O) groups is 1. The molecule has 29 heavy (non-hydrogen) atoms. The number of anilines is 2. The van der Waals surface area contributed by atoms with Crippen molar-refractivity contribution in [3.8, 4) is 11.3 Å². The van der Waals surface area contributed by atoms with E-state index in [9.17, 15) is 4.79 Å². The lowest BCUT2D eigenvalue weighted by Crippen LogP contribution is -2.46. The molecular weight excluding hydrogens is 362 g/mol. The third-order valence-corrected chi connectivity index (χ3v) is 5.16. The third-order valence-electron chi connectivity index (χ3n) is 5.16. The van der Waals surface area contributed by atoms with Crippen LogP contribution in [0.4, 0.5) is 11.8 Å². The van der Waals surface area contributed by atoms with E-state index in [-0.39, 0.29) is 0 Å². The van der Waals surface area contributed by atoms with Crippen LogP contribution in [-0.2, 0) is 11.3 Å². The highest BCUT2D eigenvalue weighted by Gasteiger charge is 2.19. The van der Waals surface area contributed by atoms with E-state index in [1.54, 1.807) is 4.90 Å². The lowest BCUT2D eigenvalue weighted by Gasteiger charge is -2.34. The van der Waals surface area contributed by atoms with Crippen LogP contribution in [0.1, 0.15) is 5.56 Å². The highest BCUT2D eigenvalue weighted by Crippen LogP contribution is 2.25. The molecule has 0 atom stereocenters. The van der Waals surface area contributed by atoms with Crippen LogP contribution in [-0.4, -0.2) is 54.5 Å². The van der Waals surface area contributed by atoms with Crippen molar-refractivity contribution < 1.29 is 4.79 Å². The Balaban J connectivity index is 1.65. The number of carbonyl (C=O) groups excluding carboxylic acids is 1. The van der Waals surface area contributed by atoms with Gasteiger partial charge in [-0.2, -0.15) is 4.98 Å². The van der Waals surface area contributed by atoms with Gasteiger partial charge in [0.1, 0.15) is 5.82 Å². The predicted octanol–water partition coefficient (Wildman–Crippen LogP) is 3.06. The van der Waals surface area contributed by atoms with E-state index < -0.39 is 0 Å². The molecule has 6 nitrogen and oxygen atoms in total. The molecule has 1 aromatic heterocycles. The summed E-state index contributed by atoms with van der Waals surface area (Å²) < 4.78 is 0. The van der Waals surface area contributed by atoms with Crippen molar-refractivity contribution in [1.29, 1.82) is 0 Å². The van der Waals surface area contributed by atoms with Crippen LogP contribution in [0.15, 0.2) is 66.7 Å². The number of hydrogen-bond donors (Lipinski definition) is 0. The molecule has 0 aliphatic carbocycles. The molecule has 1 saturated heterocycles. The van der Waals surface area contributed by atoms with Gasteiger partial charge in [-0.1, -0.05) is 60.7 Å². The molecule has 4 rings (SSSR count). The molecule has 0 radical (unpaired) electrons. The maximum atomic E-state index is 11.0. The third kappa shape index (κ3) is 4.54. The van der Waals surface area contributed by atoms with E-state index in [2.05, 4.69) is 34.1 Å². The highest BCUT2D eigenvalue weighted by atomic mass is 16.1. The summed E-state index contributed by atoms with van der Waals surface area (Å²) in [6.45, 7) is 3.70. The monoisotopic (exact) mass is 387 g/mol. The average Bonchev–Trinajstić information content (AvgIpc) is 2.80. The number of rotatable bonds is 6. The summed E-state index contributed by atoms with van der Waals surface area (Å²) in [5, 5.41) is 0. The minimum Gasteiger partial charge on any atom is -0.353 e. The van der Waals surface area contributed by atoms with Gasteiger partial charge < -0.3 is 14.7 Å². The number of hydrogen-bond acceptors (Lipinski definition) is 5. The lowest BCUT2D eigenvalue weighted by molar-refractivity contribution is -0.118. The Morgan fingerprint density at radius 2 is 1.59 bits per heavy atom. The molecule has 0 saturated carbocycles. The van der Waals surface area contributed by atoms with Crippen molar-refractivity contribution in [2.24, 2.45) is 0 Å². The maximum Gasteiger partial charge on any atom is 0.227 e. The number of benzene rings is 2. The van der Waals surface area contributed by atoms with Crippen LogP contribution in [0.2, 0.25) is 0 Å². The SMILES string of the molecule is CN(Cc1ccccc1)c1nc(-c2ccccc2)cc(N2CCN(C=O)CC2)n1. The van der Waals surface area contributed by atoms with Gasteiger partial charge in [0.2, 0.25) is 12.4 Å². The molecule has 1 amide bonds. The molecule has 0 bridgehead atoms. The van der Waals surface area contributed by atoms with E-state index in [1.807, 2.05) is 49.5 Å². The first-order valence-electron chi connectivity index (χ1n) is 9.87. The van der Waals surface area contributed by atoms with Gasteiger partial charge >= 0.3 is 0 Å². The number of piperazine rings is 1. The first kappa shape index (κ1) is 18.9. The Labute approximate surface area is 171 Å². The summed E-state index contributed by atoms with van der Waals surface area (Å²) in [5.41, 5.74) is 3.19. The zero-order valence-electron chi connectivity index (χ0n) is 16.6. The molecule has 1 aliphatic heterocycles. The van der Waals surface area contributed by atoms with E-state index in [0.29, 0.717) is 19.0 Å². The molecule has 0 spiro atoms.